The summed E-state index contributed by atoms with van der Waals surface area (Å²) in [6, 6.07) is 3.11. The molecule has 0 radical (unpaired) electrons. The maximum absolute atomic E-state index is 11.8. The van der Waals surface area contributed by atoms with Crippen molar-refractivity contribution in [2.75, 3.05) is 11.9 Å². The average Bonchev–Trinajstić information content (AvgIpc) is 2.99. The number of ether oxygens (including phenoxy) is 1. The fourth-order valence-corrected chi connectivity index (χ4v) is 1.55. The molecule has 2 aromatic heterocycles. The SMILES string of the molecule is CCOC(=O)c1c(NC(=O)c2ccco2)n[nH]c1C. The summed E-state index contributed by atoms with van der Waals surface area (Å²) in [5, 5.41) is 9.00. The molecule has 1 amide bonds. The van der Waals surface area contributed by atoms with Crippen LogP contribution in [0.2, 0.25) is 0 Å². The van der Waals surface area contributed by atoms with Crippen molar-refractivity contribution >= 4 is 17.7 Å². The Labute approximate surface area is 108 Å². The molecule has 0 aliphatic rings. The number of esters is 1. The van der Waals surface area contributed by atoms with Gasteiger partial charge in [0, 0.05) is 5.69 Å². The Morgan fingerprint density at radius 3 is 2.95 bits per heavy atom. The van der Waals surface area contributed by atoms with Crippen LogP contribution in [0.25, 0.3) is 0 Å². The van der Waals surface area contributed by atoms with Crippen LogP contribution in [-0.4, -0.2) is 28.7 Å². The van der Waals surface area contributed by atoms with Crippen molar-refractivity contribution in [3.05, 3.63) is 35.4 Å². The van der Waals surface area contributed by atoms with Gasteiger partial charge in [0.1, 0.15) is 5.56 Å². The molecule has 0 unspecified atom stereocenters. The number of aromatic amines is 1. The number of carbonyl (C=O) groups is 2. The molecule has 2 rings (SSSR count). The third-order valence-corrected chi connectivity index (χ3v) is 2.40. The summed E-state index contributed by atoms with van der Waals surface area (Å²) < 4.78 is 9.86. The minimum absolute atomic E-state index is 0.123. The van der Waals surface area contributed by atoms with Crippen molar-refractivity contribution in [1.29, 1.82) is 0 Å². The molecule has 0 atom stereocenters. The first-order chi connectivity index (χ1) is 9.13. The minimum Gasteiger partial charge on any atom is -0.462 e. The first-order valence-electron chi connectivity index (χ1n) is 5.70. The van der Waals surface area contributed by atoms with Crippen molar-refractivity contribution in [2.45, 2.75) is 13.8 Å². The molecule has 100 valence electrons. The molecule has 0 saturated carbocycles. The Morgan fingerprint density at radius 1 is 1.53 bits per heavy atom. The van der Waals surface area contributed by atoms with Crippen LogP contribution < -0.4 is 5.32 Å². The summed E-state index contributed by atoms with van der Waals surface area (Å²) in [4.78, 5) is 23.6. The first kappa shape index (κ1) is 12.9. The van der Waals surface area contributed by atoms with Crippen LogP contribution in [0.3, 0.4) is 0 Å². The maximum Gasteiger partial charge on any atom is 0.343 e. The quantitative estimate of drug-likeness (QED) is 0.819. The van der Waals surface area contributed by atoms with E-state index < -0.39 is 11.9 Å². The van der Waals surface area contributed by atoms with Gasteiger partial charge < -0.3 is 14.5 Å². The van der Waals surface area contributed by atoms with Gasteiger partial charge in [-0.15, -0.1) is 0 Å². The number of nitrogens with zero attached hydrogens (tertiary/aromatic N) is 1. The van der Waals surface area contributed by atoms with Crippen LogP contribution in [-0.2, 0) is 4.74 Å². The van der Waals surface area contributed by atoms with Crippen molar-refractivity contribution in [2.24, 2.45) is 0 Å². The summed E-state index contributed by atoms with van der Waals surface area (Å²) in [5.41, 5.74) is 0.731. The highest BCUT2D eigenvalue weighted by Gasteiger charge is 2.21. The molecule has 0 bridgehead atoms. The van der Waals surface area contributed by atoms with Gasteiger partial charge in [-0.3, -0.25) is 9.89 Å². The first-order valence-corrected chi connectivity index (χ1v) is 5.70. The Bertz CT molecular complexity index is 586. The largest absolute Gasteiger partial charge is 0.462 e. The van der Waals surface area contributed by atoms with Gasteiger partial charge in [0.25, 0.3) is 5.91 Å². The molecule has 2 heterocycles. The van der Waals surface area contributed by atoms with Gasteiger partial charge in [0.15, 0.2) is 11.6 Å². The molecule has 0 aromatic carbocycles. The van der Waals surface area contributed by atoms with Crippen LogP contribution in [0.4, 0.5) is 5.82 Å². The number of amides is 1. The summed E-state index contributed by atoms with van der Waals surface area (Å²) in [6.45, 7) is 3.62. The van der Waals surface area contributed by atoms with Crippen LogP contribution in [0.5, 0.6) is 0 Å². The molecule has 0 saturated heterocycles. The van der Waals surface area contributed by atoms with Crippen LogP contribution in [0.1, 0.15) is 33.5 Å². The number of hydrogen-bond acceptors (Lipinski definition) is 5. The second-order valence-corrected chi connectivity index (χ2v) is 3.72. The van der Waals surface area contributed by atoms with E-state index in [4.69, 9.17) is 9.15 Å². The lowest BCUT2D eigenvalue weighted by molar-refractivity contribution is 0.0527. The van der Waals surface area contributed by atoms with E-state index >= 15 is 0 Å². The molecular formula is C12H13N3O4. The van der Waals surface area contributed by atoms with Crippen molar-refractivity contribution in [3.63, 3.8) is 0 Å². The predicted octanol–water partition coefficient (Wildman–Crippen LogP) is 1.74. The maximum atomic E-state index is 11.8. The van der Waals surface area contributed by atoms with Gasteiger partial charge in [-0.25, -0.2) is 4.79 Å². The summed E-state index contributed by atoms with van der Waals surface area (Å²) >= 11 is 0. The van der Waals surface area contributed by atoms with Gasteiger partial charge in [0.05, 0.1) is 12.9 Å². The van der Waals surface area contributed by atoms with Crippen molar-refractivity contribution in [3.8, 4) is 0 Å². The highest BCUT2D eigenvalue weighted by Crippen LogP contribution is 2.18. The number of aromatic nitrogens is 2. The lowest BCUT2D eigenvalue weighted by atomic mass is 10.2. The summed E-state index contributed by atoms with van der Waals surface area (Å²) in [6.07, 6.45) is 1.39. The number of furan rings is 1. The second-order valence-electron chi connectivity index (χ2n) is 3.72. The minimum atomic E-state index is -0.538. The summed E-state index contributed by atoms with van der Waals surface area (Å²) in [5.74, 6) is -0.765. The van der Waals surface area contributed by atoms with Gasteiger partial charge in [-0.05, 0) is 26.0 Å². The third kappa shape index (κ3) is 2.65. The summed E-state index contributed by atoms with van der Waals surface area (Å²) in [7, 11) is 0. The van der Waals surface area contributed by atoms with E-state index in [1.165, 1.54) is 12.3 Å². The normalized spacial score (nSPS) is 10.2. The lowest BCUT2D eigenvalue weighted by Crippen LogP contribution is -2.15. The molecule has 0 spiro atoms. The predicted molar refractivity (Wildman–Crippen MR) is 65.9 cm³/mol. The van der Waals surface area contributed by atoms with E-state index in [-0.39, 0.29) is 23.7 Å². The highest BCUT2D eigenvalue weighted by atomic mass is 16.5. The Morgan fingerprint density at radius 2 is 2.32 bits per heavy atom. The number of hydrogen-bond donors (Lipinski definition) is 2. The molecule has 2 N–H and O–H groups in total. The van der Waals surface area contributed by atoms with E-state index in [0.717, 1.165) is 0 Å². The van der Waals surface area contributed by atoms with Crippen molar-refractivity contribution < 1.29 is 18.7 Å². The zero-order valence-electron chi connectivity index (χ0n) is 10.5. The molecule has 2 aromatic rings. The molecule has 7 heteroatoms. The topological polar surface area (TPSA) is 97.2 Å². The molecule has 0 fully saturated rings. The molecule has 0 aliphatic carbocycles. The average molecular weight is 263 g/mol. The monoisotopic (exact) mass is 263 g/mol. The number of H-pyrrole nitrogens is 1. The molecular weight excluding hydrogens is 250 g/mol. The smallest absolute Gasteiger partial charge is 0.343 e. The Hall–Kier alpha value is -2.57. The van der Waals surface area contributed by atoms with E-state index in [0.29, 0.717) is 5.69 Å². The number of nitrogens with one attached hydrogen (secondary N) is 2. The van der Waals surface area contributed by atoms with E-state index in [1.54, 1.807) is 19.9 Å². The van der Waals surface area contributed by atoms with E-state index in [9.17, 15) is 9.59 Å². The van der Waals surface area contributed by atoms with E-state index in [1.807, 2.05) is 0 Å². The Balaban J connectivity index is 2.21. The molecule has 19 heavy (non-hydrogen) atoms. The number of aryl methyl sites for hydroxylation is 1. The van der Waals surface area contributed by atoms with E-state index in [2.05, 4.69) is 15.5 Å². The van der Waals surface area contributed by atoms with Crippen molar-refractivity contribution in [1.82, 2.24) is 10.2 Å². The molecule has 0 aliphatic heterocycles. The third-order valence-electron chi connectivity index (χ3n) is 2.40. The van der Waals surface area contributed by atoms with Gasteiger partial charge in [-0.2, -0.15) is 5.10 Å². The highest BCUT2D eigenvalue weighted by molar-refractivity contribution is 6.06. The van der Waals surface area contributed by atoms with Gasteiger partial charge in [0.2, 0.25) is 0 Å². The number of rotatable bonds is 4. The number of carbonyl (C=O) groups excluding carboxylic acids is 2. The zero-order chi connectivity index (χ0) is 13.8. The standard InChI is InChI=1S/C12H13N3O4/c1-3-18-12(17)9-7(2)14-15-10(9)13-11(16)8-5-4-6-19-8/h4-6H,3H2,1-2H3,(H2,13,14,15,16). The molecule has 7 nitrogen and oxygen atoms in total. The van der Waals surface area contributed by atoms with Gasteiger partial charge >= 0.3 is 5.97 Å². The van der Waals surface area contributed by atoms with Crippen LogP contribution in [0.15, 0.2) is 22.8 Å². The fraction of sp³-hybridized carbons (Fsp3) is 0.250. The zero-order valence-corrected chi connectivity index (χ0v) is 10.5. The number of anilines is 1. The van der Waals surface area contributed by atoms with Crippen LogP contribution >= 0.6 is 0 Å². The van der Waals surface area contributed by atoms with Gasteiger partial charge in [-0.1, -0.05) is 0 Å². The van der Waals surface area contributed by atoms with Crippen LogP contribution in [0, 0.1) is 6.92 Å². The Kier molecular flexibility index (Phi) is 3.65. The lowest BCUT2D eigenvalue weighted by Gasteiger charge is -2.04. The second kappa shape index (κ2) is 5.38. The fourth-order valence-electron chi connectivity index (χ4n) is 1.55.